The monoisotopic (exact) mass is 532 g/mol. The average Bonchev–Trinajstić information content (AvgIpc) is 3.32. The van der Waals surface area contributed by atoms with Crippen molar-refractivity contribution in [2.45, 2.75) is 84.3 Å². The molecule has 2 heterocycles. The number of amides is 2. The van der Waals surface area contributed by atoms with Crippen LogP contribution < -0.4 is 15.4 Å². The SMILES string of the molecule is CC(O)CC(=O)Nc1ccccc1OCC(=O)NC(C)(C)C(C)(C)c1nnc2c(Cl)c(C(C)(C)C)[nH]n12. The normalized spacial score (nSPS) is 13.5. The average molecular weight is 533 g/mol. The fourth-order valence-corrected chi connectivity index (χ4v) is 4.28. The lowest BCUT2D eigenvalue weighted by Crippen LogP contribution is -2.57. The molecule has 1 aromatic carbocycles. The van der Waals surface area contributed by atoms with Crippen molar-refractivity contribution in [3.05, 3.63) is 40.8 Å². The van der Waals surface area contributed by atoms with E-state index in [9.17, 15) is 14.7 Å². The summed E-state index contributed by atoms with van der Waals surface area (Å²) in [5, 5.41) is 27.7. The molecule has 4 N–H and O–H groups in total. The highest BCUT2D eigenvalue weighted by atomic mass is 35.5. The van der Waals surface area contributed by atoms with Gasteiger partial charge >= 0.3 is 0 Å². The number of halogens is 1. The lowest BCUT2D eigenvalue weighted by atomic mass is 9.73. The standard InChI is InChI=1S/C26H37ClN6O4/c1-15(34)13-18(35)28-16-11-9-10-12-17(16)37-14-19(36)29-26(7,8)25(5,6)23-31-30-22-20(27)21(24(2,3)4)32-33(22)23/h9-12,15,32,34H,13-14H2,1-8H3,(H,28,35)(H,29,36). The number of hydrogen-bond acceptors (Lipinski definition) is 6. The Hall–Kier alpha value is -3.11. The smallest absolute Gasteiger partial charge is 0.258 e. The Morgan fingerprint density at radius 2 is 1.76 bits per heavy atom. The maximum absolute atomic E-state index is 13.0. The zero-order valence-electron chi connectivity index (χ0n) is 22.7. The first-order valence-electron chi connectivity index (χ1n) is 12.2. The van der Waals surface area contributed by atoms with Crippen molar-refractivity contribution in [2.75, 3.05) is 11.9 Å². The number of para-hydroxylation sites is 2. The van der Waals surface area contributed by atoms with Gasteiger partial charge in [0.25, 0.3) is 5.91 Å². The van der Waals surface area contributed by atoms with Crippen LogP contribution in [0.4, 0.5) is 5.69 Å². The van der Waals surface area contributed by atoms with Gasteiger partial charge in [0.05, 0.1) is 23.9 Å². The topological polar surface area (TPSA) is 134 Å². The summed E-state index contributed by atoms with van der Waals surface area (Å²) in [6.07, 6.45) is -0.810. The minimum absolute atomic E-state index is 0.0444. The molecule has 3 aromatic rings. The number of aromatic amines is 1. The van der Waals surface area contributed by atoms with Gasteiger partial charge in [-0.25, -0.2) is 4.52 Å². The van der Waals surface area contributed by atoms with Crippen molar-refractivity contribution in [2.24, 2.45) is 0 Å². The first kappa shape index (κ1) is 28.5. The second kappa shape index (κ2) is 10.3. The number of aliphatic hydroxyl groups excluding tert-OH is 1. The third kappa shape index (κ3) is 6.07. The maximum atomic E-state index is 13.0. The van der Waals surface area contributed by atoms with E-state index in [0.717, 1.165) is 5.69 Å². The molecule has 0 aliphatic heterocycles. The maximum Gasteiger partial charge on any atom is 0.258 e. The van der Waals surface area contributed by atoms with Gasteiger partial charge in [0.1, 0.15) is 10.8 Å². The molecular weight excluding hydrogens is 496 g/mol. The minimum Gasteiger partial charge on any atom is -0.482 e. The summed E-state index contributed by atoms with van der Waals surface area (Å²) in [5.74, 6) is 0.279. The molecule has 1 unspecified atom stereocenters. The molecule has 1 atom stereocenters. The number of fused-ring (bicyclic) bond motifs is 1. The number of benzene rings is 1. The Balaban J connectivity index is 1.74. The van der Waals surface area contributed by atoms with Crippen molar-refractivity contribution in [1.29, 1.82) is 0 Å². The Bertz CT molecular complexity index is 1290. The van der Waals surface area contributed by atoms with Crippen molar-refractivity contribution in [3.8, 4) is 5.75 Å². The lowest BCUT2D eigenvalue weighted by molar-refractivity contribution is -0.125. The fraction of sp³-hybridized carbons (Fsp3) is 0.538. The quantitative estimate of drug-likeness (QED) is 0.329. The number of aromatic nitrogens is 4. The highest BCUT2D eigenvalue weighted by Crippen LogP contribution is 2.37. The van der Waals surface area contributed by atoms with Crippen molar-refractivity contribution in [1.82, 2.24) is 25.1 Å². The van der Waals surface area contributed by atoms with E-state index in [1.54, 1.807) is 28.8 Å². The van der Waals surface area contributed by atoms with Crippen LogP contribution in [0.1, 0.15) is 73.3 Å². The second-order valence-corrected chi connectivity index (χ2v) is 11.8. The Morgan fingerprint density at radius 1 is 1.11 bits per heavy atom. The molecule has 11 heteroatoms. The minimum atomic E-state index is -0.766. The number of nitrogens with zero attached hydrogens (tertiary/aromatic N) is 3. The molecule has 0 radical (unpaired) electrons. The number of nitrogens with one attached hydrogen (secondary N) is 3. The lowest BCUT2D eigenvalue weighted by Gasteiger charge is -2.40. The molecule has 0 fully saturated rings. The van der Waals surface area contributed by atoms with Gasteiger partial charge in [-0.15, -0.1) is 10.2 Å². The van der Waals surface area contributed by atoms with Crippen LogP contribution in [-0.2, 0) is 20.4 Å². The van der Waals surface area contributed by atoms with Crippen LogP contribution in [0.2, 0.25) is 5.02 Å². The molecule has 202 valence electrons. The van der Waals surface area contributed by atoms with Gasteiger partial charge in [-0.3, -0.25) is 14.7 Å². The Morgan fingerprint density at radius 3 is 2.38 bits per heavy atom. The van der Waals surface area contributed by atoms with E-state index in [1.807, 2.05) is 27.7 Å². The van der Waals surface area contributed by atoms with Crippen LogP contribution in [0.15, 0.2) is 24.3 Å². The molecule has 0 saturated heterocycles. The molecule has 37 heavy (non-hydrogen) atoms. The van der Waals surface area contributed by atoms with Crippen molar-refractivity contribution < 1.29 is 19.4 Å². The van der Waals surface area contributed by atoms with Crippen LogP contribution in [0, 0.1) is 0 Å². The first-order valence-corrected chi connectivity index (χ1v) is 12.6. The number of carbonyl (C=O) groups excluding carboxylic acids is 2. The van der Waals surface area contributed by atoms with Gasteiger partial charge in [0.15, 0.2) is 18.1 Å². The highest BCUT2D eigenvalue weighted by molar-refractivity contribution is 6.34. The molecule has 10 nitrogen and oxygen atoms in total. The molecule has 0 bridgehead atoms. The molecule has 0 aliphatic carbocycles. The zero-order valence-corrected chi connectivity index (χ0v) is 23.4. The second-order valence-electron chi connectivity index (χ2n) is 11.4. The summed E-state index contributed by atoms with van der Waals surface area (Å²) in [7, 11) is 0. The molecule has 3 rings (SSSR count). The first-order chi connectivity index (χ1) is 17.0. The molecule has 0 spiro atoms. The molecule has 0 saturated carbocycles. The predicted octanol–water partition coefficient (Wildman–Crippen LogP) is 3.97. The van der Waals surface area contributed by atoms with Crippen molar-refractivity contribution in [3.63, 3.8) is 0 Å². The number of carbonyl (C=O) groups is 2. The van der Waals surface area contributed by atoms with E-state index < -0.39 is 17.1 Å². The summed E-state index contributed by atoms with van der Waals surface area (Å²) < 4.78 is 7.51. The third-order valence-electron chi connectivity index (χ3n) is 6.63. The number of anilines is 1. The van der Waals surface area contributed by atoms with E-state index in [1.165, 1.54) is 6.92 Å². The third-order valence-corrected chi connectivity index (χ3v) is 6.98. The Kier molecular flexibility index (Phi) is 7.95. The number of hydrogen-bond donors (Lipinski definition) is 4. The van der Waals surface area contributed by atoms with Crippen LogP contribution >= 0.6 is 11.6 Å². The Labute approximate surface area is 222 Å². The van der Waals surface area contributed by atoms with Crippen LogP contribution in [0.3, 0.4) is 0 Å². The predicted molar refractivity (Wildman–Crippen MR) is 143 cm³/mol. The number of ether oxygens (including phenoxy) is 1. The molecular formula is C26H37ClN6O4. The summed E-state index contributed by atoms with van der Waals surface area (Å²) >= 11 is 6.59. The van der Waals surface area contributed by atoms with E-state index in [4.69, 9.17) is 16.3 Å². The van der Waals surface area contributed by atoms with Gasteiger partial charge in [0.2, 0.25) is 5.91 Å². The van der Waals surface area contributed by atoms with Crippen LogP contribution in [0.5, 0.6) is 5.75 Å². The molecule has 2 amide bonds. The largest absolute Gasteiger partial charge is 0.482 e. The van der Waals surface area contributed by atoms with Gasteiger partial charge < -0.3 is 20.5 Å². The van der Waals surface area contributed by atoms with Gasteiger partial charge in [-0.2, -0.15) is 0 Å². The van der Waals surface area contributed by atoms with Gasteiger partial charge in [-0.1, -0.05) is 58.4 Å². The van der Waals surface area contributed by atoms with Gasteiger partial charge in [0, 0.05) is 16.4 Å². The van der Waals surface area contributed by atoms with Gasteiger partial charge in [-0.05, 0) is 32.9 Å². The van der Waals surface area contributed by atoms with E-state index in [0.29, 0.717) is 27.9 Å². The summed E-state index contributed by atoms with van der Waals surface area (Å²) in [6, 6.07) is 6.82. The summed E-state index contributed by atoms with van der Waals surface area (Å²) in [4.78, 5) is 25.0. The van der Waals surface area contributed by atoms with Crippen molar-refractivity contribution >= 4 is 34.7 Å². The number of rotatable bonds is 9. The fourth-order valence-electron chi connectivity index (χ4n) is 3.84. The zero-order chi connectivity index (χ0) is 27.8. The highest BCUT2D eigenvalue weighted by Gasteiger charge is 2.44. The number of H-pyrrole nitrogens is 1. The van der Waals surface area contributed by atoms with E-state index in [2.05, 4.69) is 46.7 Å². The van der Waals surface area contributed by atoms with Crippen LogP contribution in [-0.4, -0.2) is 55.0 Å². The summed E-state index contributed by atoms with van der Waals surface area (Å²) in [5.41, 5.74) is 0.163. The molecule has 2 aromatic heterocycles. The van der Waals surface area contributed by atoms with E-state index >= 15 is 0 Å². The van der Waals surface area contributed by atoms with Crippen LogP contribution in [0.25, 0.3) is 5.65 Å². The van der Waals surface area contributed by atoms with E-state index in [-0.39, 0.29) is 30.3 Å². The number of aliphatic hydroxyl groups is 1. The molecule has 0 aliphatic rings. The summed E-state index contributed by atoms with van der Waals surface area (Å²) in [6.45, 7) is 15.2.